The molecule has 1 aliphatic rings. The number of aliphatic hydroxyl groups excluding tert-OH is 1. The van der Waals surface area contributed by atoms with E-state index >= 15 is 0 Å². The summed E-state index contributed by atoms with van der Waals surface area (Å²) in [6.45, 7) is 2.90. The van der Waals surface area contributed by atoms with Gasteiger partial charge in [0.15, 0.2) is 11.5 Å². The van der Waals surface area contributed by atoms with Gasteiger partial charge in [-0.2, -0.15) is 5.10 Å². The molecule has 0 bridgehead atoms. The van der Waals surface area contributed by atoms with Gasteiger partial charge in [-0.05, 0) is 63.8 Å². The normalized spacial score (nSPS) is 17.0. The van der Waals surface area contributed by atoms with Crippen molar-refractivity contribution in [2.24, 2.45) is 0 Å². The van der Waals surface area contributed by atoms with Gasteiger partial charge in [-0.15, -0.1) is 0 Å². The van der Waals surface area contributed by atoms with E-state index in [4.69, 9.17) is 9.47 Å². The summed E-state index contributed by atoms with van der Waals surface area (Å²) in [6, 6.07) is 14.0. The van der Waals surface area contributed by atoms with Gasteiger partial charge in [-0.3, -0.25) is 9.59 Å². The predicted molar refractivity (Wildman–Crippen MR) is 140 cm³/mol. The molecule has 0 unspecified atom stereocenters. The number of hydrogen-bond acceptors (Lipinski definition) is 7. The van der Waals surface area contributed by atoms with Crippen LogP contribution in [0.2, 0.25) is 0 Å². The van der Waals surface area contributed by atoms with Crippen LogP contribution < -0.4 is 9.47 Å². The van der Waals surface area contributed by atoms with Crippen LogP contribution in [0, 0.1) is 6.92 Å². The van der Waals surface area contributed by atoms with Crippen molar-refractivity contribution in [3.63, 3.8) is 0 Å². The molecule has 1 amide bonds. The Bertz CT molecular complexity index is 1330. The molecule has 1 aliphatic heterocycles. The molecule has 1 saturated heterocycles. The van der Waals surface area contributed by atoms with Crippen molar-refractivity contribution < 1.29 is 24.2 Å². The van der Waals surface area contributed by atoms with Crippen molar-refractivity contribution in [3.05, 3.63) is 77.1 Å². The number of Topliss-reactive ketones (excluding diaryl/α,β-unsaturated/α-hetero) is 1. The van der Waals surface area contributed by atoms with E-state index in [-0.39, 0.29) is 11.3 Å². The summed E-state index contributed by atoms with van der Waals surface area (Å²) in [4.78, 5) is 30.2. The van der Waals surface area contributed by atoms with Crippen molar-refractivity contribution >= 4 is 17.4 Å². The summed E-state index contributed by atoms with van der Waals surface area (Å²) in [5.41, 5.74) is 2.52. The number of hydrogen-bond donors (Lipinski definition) is 1. The monoisotopic (exact) mass is 504 g/mol. The summed E-state index contributed by atoms with van der Waals surface area (Å²) >= 11 is 0. The van der Waals surface area contributed by atoms with Gasteiger partial charge in [0, 0.05) is 6.54 Å². The van der Waals surface area contributed by atoms with Crippen LogP contribution in [0.4, 0.5) is 0 Å². The molecule has 1 N–H and O–H groups in total. The minimum atomic E-state index is -0.790. The number of aromatic nitrogens is 2. The number of aliphatic hydroxyl groups is 1. The lowest BCUT2D eigenvalue weighted by molar-refractivity contribution is -0.139. The van der Waals surface area contributed by atoms with E-state index in [1.807, 2.05) is 56.3 Å². The summed E-state index contributed by atoms with van der Waals surface area (Å²) < 4.78 is 12.5. The zero-order valence-electron chi connectivity index (χ0n) is 21.8. The molecule has 2 heterocycles. The molecular formula is C28H32N4O5. The topological polar surface area (TPSA) is 97.1 Å². The minimum Gasteiger partial charge on any atom is -0.507 e. The quantitative estimate of drug-likeness (QED) is 0.270. The van der Waals surface area contributed by atoms with Crippen LogP contribution in [-0.2, 0) is 9.59 Å². The van der Waals surface area contributed by atoms with Crippen LogP contribution in [0.1, 0.15) is 29.3 Å². The number of nitrogens with zero attached hydrogens (tertiary/aromatic N) is 4. The zero-order chi connectivity index (χ0) is 26.7. The number of rotatable bonds is 9. The van der Waals surface area contributed by atoms with Crippen LogP contribution >= 0.6 is 0 Å². The van der Waals surface area contributed by atoms with Crippen molar-refractivity contribution in [3.8, 4) is 17.2 Å². The highest BCUT2D eigenvalue weighted by Gasteiger charge is 2.46. The van der Waals surface area contributed by atoms with Crippen LogP contribution in [0.25, 0.3) is 11.4 Å². The van der Waals surface area contributed by atoms with Gasteiger partial charge in [0.1, 0.15) is 5.76 Å². The number of likely N-dealkylation sites (tertiary alicyclic amines) is 1. The third-order valence-electron chi connectivity index (χ3n) is 6.53. The number of amides is 1. The summed E-state index contributed by atoms with van der Waals surface area (Å²) in [5.74, 6) is -0.641. The van der Waals surface area contributed by atoms with Gasteiger partial charge in [-0.25, -0.2) is 4.68 Å². The van der Waals surface area contributed by atoms with Crippen molar-refractivity contribution in [2.45, 2.75) is 19.4 Å². The Labute approximate surface area is 216 Å². The largest absolute Gasteiger partial charge is 0.507 e. The first-order chi connectivity index (χ1) is 17.8. The van der Waals surface area contributed by atoms with Gasteiger partial charge in [0.2, 0.25) is 0 Å². The lowest BCUT2D eigenvalue weighted by atomic mass is 9.95. The van der Waals surface area contributed by atoms with Crippen molar-refractivity contribution in [1.29, 1.82) is 0 Å². The molecule has 1 atom stereocenters. The molecule has 9 nitrogen and oxygen atoms in total. The Morgan fingerprint density at radius 2 is 1.76 bits per heavy atom. The molecule has 0 saturated carbocycles. The highest BCUT2D eigenvalue weighted by Crippen LogP contribution is 2.42. The first kappa shape index (κ1) is 26.0. The third kappa shape index (κ3) is 4.95. The Morgan fingerprint density at radius 3 is 2.41 bits per heavy atom. The van der Waals surface area contributed by atoms with Gasteiger partial charge >= 0.3 is 0 Å². The Morgan fingerprint density at radius 1 is 1.05 bits per heavy atom. The second kappa shape index (κ2) is 10.9. The lowest BCUT2D eigenvalue weighted by Gasteiger charge is -2.26. The fourth-order valence-electron chi connectivity index (χ4n) is 4.65. The molecule has 37 heavy (non-hydrogen) atoms. The molecule has 3 aromatic rings. The van der Waals surface area contributed by atoms with Crippen LogP contribution in [0.5, 0.6) is 11.5 Å². The number of benzene rings is 2. The number of methoxy groups -OCH3 is 2. The van der Waals surface area contributed by atoms with Crippen molar-refractivity contribution in [2.75, 3.05) is 41.4 Å². The molecule has 1 aromatic heterocycles. The van der Waals surface area contributed by atoms with Gasteiger partial charge in [-0.1, -0.05) is 24.3 Å². The number of ketones is 1. The number of para-hydroxylation sites is 1. The highest BCUT2D eigenvalue weighted by molar-refractivity contribution is 6.46. The molecular weight excluding hydrogens is 472 g/mol. The second-order valence-corrected chi connectivity index (χ2v) is 9.15. The van der Waals surface area contributed by atoms with E-state index in [1.54, 1.807) is 22.9 Å². The first-order valence-electron chi connectivity index (χ1n) is 12.0. The van der Waals surface area contributed by atoms with E-state index in [9.17, 15) is 14.7 Å². The van der Waals surface area contributed by atoms with E-state index in [0.29, 0.717) is 41.3 Å². The van der Waals surface area contributed by atoms with Crippen LogP contribution in [0.15, 0.2) is 60.3 Å². The van der Waals surface area contributed by atoms with Crippen molar-refractivity contribution in [1.82, 2.24) is 19.6 Å². The number of carbonyl (C=O) groups is 2. The van der Waals surface area contributed by atoms with E-state index in [0.717, 1.165) is 12.2 Å². The molecule has 4 rings (SSSR count). The van der Waals surface area contributed by atoms with Crippen LogP contribution in [0.3, 0.4) is 0 Å². The molecule has 2 aromatic carbocycles. The molecule has 0 radical (unpaired) electrons. The predicted octanol–water partition coefficient (Wildman–Crippen LogP) is 3.57. The fraction of sp³-hybridized carbons (Fsp3) is 0.321. The maximum atomic E-state index is 13.4. The molecule has 0 aliphatic carbocycles. The number of ether oxygens (including phenoxy) is 2. The number of carbonyl (C=O) groups excluding carboxylic acids is 2. The van der Waals surface area contributed by atoms with Gasteiger partial charge in [0.25, 0.3) is 11.7 Å². The summed E-state index contributed by atoms with van der Waals surface area (Å²) in [6.07, 6.45) is 2.18. The van der Waals surface area contributed by atoms with E-state index in [2.05, 4.69) is 5.10 Å². The lowest BCUT2D eigenvalue weighted by Crippen LogP contribution is -2.32. The molecule has 194 valence electrons. The third-order valence-corrected chi connectivity index (χ3v) is 6.53. The fourth-order valence-corrected chi connectivity index (χ4v) is 4.65. The van der Waals surface area contributed by atoms with Gasteiger partial charge < -0.3 is 24.4 Å². The standard InChI is InChI=1S/C28H32N4O5/c1-18-21(17-29-32(18)20-10-7-6-8-11-20)26(33)24-25(19-12-13-22(36-4)23(16-19)37-5)31(28(35)27(24)34)15-9-14-30(2)3/h6-8,10-13,16-17,25,33H,9,14-15H2,1-5H3/b26-24+/t25-/m1/s1. The van der Waals surface area contributed by atoms with Gasteiger partial charge in [0.05, 0.1) is 49.0 Å². The Kier molecular flexibility index (Phi) is 7.63. The SMILES string of the molecule is COc1ccc([C@@H]2/C(=C(\O)c3cnn(-c4ccccc4)c3C)C(=O)C(=O)N2CCCN(C)C)cc1OC. The molecule has 1 fully saturated rings. The highest BCUT2D eigenvalue weighted by atomic mass is 16.5. The van der Waals surface area contributed by atoms with E-state index in [1.165, 1.54) is 25.3 Å². The second-order valence-electron chi connectivity index (χ2n) is 9.15. The van der Waals surface area contributed by atoms with Crippen LogP contribution in [-0.4, -0.2) is 77.8 Å². The smallest absolute Gasteiger partial charge is 0.295 e. The first-order valence-corrected chi connectivity index (χ1v) is 12.0. The summed E-state index contributed by atoms with van der Waals surface area (Å²) in [7, 11) is 6.97. The maximum Gasteiger partial charge on any atom is 0.295 e. The maximum absolute atomic E-state index is 13.4. The van der Waals surface area contributed by atoms with E-state index < -0.39 is 17.7 Å². The summed E-state index contributed by atoms with van der Waals surface area (Å²) in [5, 5.41) is 15.9. The Hall–Kier alpha value is -4.11. The average Bonchev–Trinajstić information content (AvgIpc) is 3.40. The average molecular weight is 505 g/mol. The zero-order valence-corrected chi connectivity index (χ0v) is 21.8. The molecule has 9 heteroatoms. The molecule has 0 spiro atoms. The minimum absolute atomic E-state index is 0.0257. The Balaban J connectivity index is 1.84.